The largest absolute Gasteiger partial charge is 0.352 e. The van der Waals surface area contributed by atoms with E-state index in [1.165, 1.54) is 0 Å². The summed E-state index contributed by atoms with van der Waals surface area (Å²) in [6, 6.07) is 6.36. The Hall–Kier alpha value is -0.930. The molecular weight excluding hydrogens is 199 g/mol. The number of carbonyl (C=O) groups is 1. The molecule has 0 atom stereocenters. The molecule has 0 fully saturated rings. The van der Waals surface area contributed by atoms with E-state index < -0.39 is 6.03 Å². The fraction of sp³-hybridized carbons (Fsp3) is 0. The van der Waals surface area contributed by atoms with Crippen LogP contribution in [0.5, 0.6) is 0 Å². The minimum atomic E-state index is -0.833. The first-order chi connectivity index (χ1) is 5.54. The molecule has 0 aliphatic heterocycles. The monoisotopic (exact) mass is 206 g/mol. The summed E-state index contributed by atoms with van der Waals surface area (Å²) < 4.78 is 0. The molecule has 0 bridgehead atoms. The van der Waals surface area contributed by atoms with E-state index >= 15 is 0 Å². The number of carbonyl (C=O) groups excluding carboxylic acids is 1. The van der Waals surface area contributed by atoms with Crippen LogP contribution in [-0.4, -0.2) is 6.03 Å². The molecule has 0 spiro atoms. The van der Waals surface area contributed by atoms with E-state index in [9.17, 15) is 0 Å². The topological polar surface area (TPSA) is 69.1 Å². The molecule has 0 unspecified atom stereocenters. The summed E-state index contributed by atoms with van der Waals surface area (Å²) in [5.74, 6) is 0. The average Bonchev–Trinajstić information content (AvgIpc) is 1.94. The highest BCUT2D eigenvalue weighted by molar-refractivity contribution is 6.41. The highest BCUT2D eigenvalue weighted by Gasteiger charge is 1.89. The van der Waals surface area contributed by atoms with Crippen LogP contribution in [0.4, 0.5) is 4.79 Å². The minimum absolute atomic E-state index is 0.606. The quantitative estimate of drug-likeness (QED) is 0.671. The van der Waals surface area contributed by atoms with Gasteiger partial charge in [-0.25, -0.2) is 4.79 Å². The van der Waals surface area contributed by atoms with Crippen LogP contribution < -0.4 is 11.5 Å². The van der Waals surface area contributed by atoms with Gasteiger partial charge in [0.1, 0.15) is 0 Å². The standard InChI is InChI=1S/C6H4Cl2.CH4N2O/c7-5-3-1-2-4-6(5)8;2-1(3)4/h1-4H;(H4,2,3,4). The van der Waals surface area contributed by atoms with Crippen molar-refractivity contribution < 1.29 is 4.79 Å². The number of amides is 2. The lowest BCUT2D eigenvalue weighted by Gasteiger charge is -1.88. The Morgan fingerprint density at radius 2 is 1.33 bits per heavy atom. The van der Waals surface area contributed by atoms with Gasteiger partial charge in [-0.2, -0.15) is 0 Å². The molecule has 0 aromatic heterocycles. The van der Waals surface area contributed by atoms with Crippen molar-refractivity contribution >= 4 is 29.2 Å². The van der Waals surface area contributed by atoms with Gasteiger partial charge in [0.15, 0.2) is 0 Å². The molecule has 0 saturated heterocycles. The van der Waals surface area contributed by atoms with Crippen LogP contribution in [0.25, 0.3) is 0 Å². The van der Waals surface area contributed by atoms with Crippen molar-refractivity contribution in [3.05, 3.63) is 34.3 Å². The Bertz CT molecular complexity index is 240. The van der Waals surface area contributed by atoms with Crippen molar-refractivity contribution in [3.63, 3.8) is 0 Å². The molecule has 1 aromatic carbocycles. The number of rotatable bonds is 0. The summed E-state index contributed by atoms with van der Waals surface area (Å²) in [5, 5.41) is 1.21. The van der Waals surface area contributed by atoms with Crippen LogP contribution in [0.1, 0.15) is 0 Å². The lowest BCUT2D eigenvalue weighted by atomic mass is 10.4. The van der Waals surface area contributed by atoms with Gasteiger partial charge in [-0.05, 0) is 12.1 Å². The number of benzene rings is 1. The lowest BCUT2D eigenvalue weighted by molar-refractivity contribution is 0.256. The van der Waals surface area contributed by atoms with E-state index in [1.807, 2.05) is 12.1 Å². The van der Waals surface area contributed by atoms with Gasteiger partial charge in [0, 0.05) is 0 Å². The number of nitrogens with two attached hydrogens (primary N) is 2. The van der Waals surface area contributed by atoms with Crippen LogP contribution in [0.2, 0.25) is 10.0 Å². The Balaban J connectivity index is 0.000000261. The van der Waals surface area contributed by atoms with E-state index in [-0.39, 0.29) is 0 Å². The first-order valence-corrected chi connectivity index (χ1v) is 3.74. The highest BCUT2D eigenvalue weighted by Crippen LogP contribution is 2.19. The van der Waals surface area contributed by atoms with Gasteiger partial charge < -0.3 is 11.5 Å². The lowest BCUT2D eigenvalue weighted by Crippen LogP contribution is -2.18. The van der Waals surface area contributed by atoms with Crippen LogP contribution >= 0.6 is 23.2 Å². The molecule has 0 radical (unpaired) electrons. The molecule has 0 heterocycles. The minimum Gasteiger partial charge on any atom is -0.352 e. The molecule has 2 amide bonds. The van der Waals surface area contributed by atoms with E-state index in [1.54, 1.807) is 12.1 Å². The molecule has 1 aromatic rings. The van der Waals surface area contributed by atoms with Crippen molar-refractivity contribution in [2.75, 3.05) is 0 Å². The summed E-state index contributed by atoms with van der Waals surface area (Å²) in [7, 11) is 0. The Morgan fingerprint density at radius 1 is 1.08 bits per heavy atom. The molecule has 0 aliphatic rings. The zero-order valence-electron chi connectivity index (χ0n) is 6.13. The highest BCUT2D eigenvalue weighted by atomic mass is 35.5. The normalized spacial score (nSPS) is 8.17. The van der Waals surface area contributed by atoms with Gasteiger partial charge in [-0.15, -0.1) is 0 Å². The second kappa shape index (κ2) is 5.69. The van der Waals surface area contributed by atoms with Crippen LogP contribution in [0.15, 0.2) is 24.3 Å². The van der Waals surface area contributed by atoms with Gasteiger partial charge in [0.25, 0.3) is 0 Å². The predicted molar refractivity (Wildman–Crippen MR) is 50.2 cm³/mol. The maximum atomic E-state index is 9.00. The third-order valence-electron chi connectivity index (χ3n) is 0.824. The number of hydrogen-bond donors (Lipinski definition) is 2. The van der Waals surface area contributed by atoms with Gasteiger partial charge in [0.05, 0.1) is 10.0 Å². The van der Waals surface area contributed by atoms with Gasteiger partial charge in [-0.1, -0.05) is 35.3 Å². The first-order valence-electron chi connectivity index (χ1n) is 2.99. The number of primary amides is 2. The Labute approximate surface area is 80.3 Å². The summed E-state index contributed by atoms with van der Waals surface area (Å²) >= 11 is 11.2. The molecule has 4 N–H and O–H groups in total. The SMILES string of the molecule is Clc1ccccc1Cl.NC(N)=O. The fourth-order valence-electron chi connectivity index (χ4n) is 0.439. The fourth-order valence-corrected chi connectivity index (χ4v) is 0.711. The van der Waals surface area contributed by atoms with Crippen LogP contribution in [0.3, 0.4) is 0 Å². The van der Waals surface area contributed by atoms with Crippen LogP contribution in [-0.2, 0) is 0 Å². The van der Waals surface area contributed by atoms with Crippen molar-refractivity contribution in [3.8, 4) is 0 Å². The summed E-state index contributed by atoms with van der Waals surface area (Å²) in [5.41, 5.74) is 8.50. The van der Waals surface area contributed by atoms with Crippen LogP contribution in [0, 0.1) is 0 Å². The maximum absolute atomic E-state index is 9.00. The summed E-state index contributed by atoms with van der Waals surface area (Å²) in [6.07, 6.45) is 0. The molecule has 12 heavy (non-hydrogen) atoms. The second-order valence-electron chi connectivity index (χ2n) is 1.82. The number of urea groups is 1. The zero-order valence-corrected chi connectivity index (χ0v) is 7.64. The van der Waals surface area contributed by atoms with E-state index in [2.05, 4.69) is 11.5 Å². The molecule has 5 heteroatoms. The van der Waals surface area contributed by atoms with Gasteiger partial charge >= 0.3 is 6.03 Å². The van der Waals surface area contributed by atoms with Crippen molar-refractivity contribution in [2.24, 2.45) is 11.5 Å². The number of halogens is 2. The van der Waals surface area contributed by atoms with E-state index in [0.717, 1.165) is 0 Å². The molecule has 3 nitrogen and oxygen atoms in total. The van der Waals surface area contributed by atoms with Gasteiger partial charge in [-0.3, -0.25) is 0 Å². The van der Waals surface area contributed by atoms with Crippen molar-refractivity contribution in [1.29, 1.82) is 0 Å². The predicted octanol–water partition coefficient (Wildman–Crippen LogP) is 2.02. The second-order valence-corrected chi connectivity index (χ2v) is 2.63. The van der Waals surface area contributed by atoms with E-state index in [4.69, 9.17) is 28.0 Å². The third kappa shape index (κ3) is 5.82. The molecule has 1 rings (SSSR count). The smallest absolute Gasteiger partial charge is 0.309 e. The first kappa shape index (κ1) is 11.1. The maximum Gasteiger partial charge on any atom is 0.309 e. The molecule has 66 valence electrons. The number of hydrogen-bond acceptors (Lipinski definition) is 1. The molecule has 0 aliphatic carbocycles. The zero-order chi connectivity index (χ0) is 9.56. The summed E-state index contributed by atoms with van der Waals surface area (Å²) in [6.45, 7) is 0. The summed E-state index contributed by atoms with van der Waals surface area (Å²) in [4.78, 5) is 9.00. The molecule has 0 saturated carbocycles. The average molecular weight is 207 g/mol. The van der Waals surface area contributed by atoms with Crippen molar-refractivity contribution in [1.82, 2.24) is 0 Å². The Morgan fingerprint density at radius 3 is 1.50 bits per heavy atom. The third-order valence-corrected chi connectivity index (χ3v) is 1.58. The van der Waals surface area contributed by atoms with Gasteiger partial charge in [0.2, 0.25) is 0 Å². The Kier molecular flexibility index (Phi) is 5.25. The molecular formula is C7H8Cl2N2O. The van der Waals surface area contributed by atoms with Crippen molar-refractivity contribution in [2.45, 2.75) is 0 Å². The van der Waals surface area contributed by atoms with E-state index in [0.29, 0.717) is 10.0 Å².